The fraction of sp³-hybridized carbons (Fsp3) is 0.615. The van der Waals surface area contributed by atoms with E-state index in [1.165, 1.54) is 0 Å². The quantitative estimate of drug-likeness (QED) is 0.784. The Morgan fingerprint density at radius 3 is 2.53 bits per heavy atom. The molecule has 1 unspecified atom stereocenters. The summed E-state index contributed by atoms with van der Waals surface area (Å²) in [7, 11) is 0. The van der Waals surface area contributed by atoms with Crippen molar-refractivity contribution < 1.29 is 4.79 Å². The highest BCUT2D eigenvalue weighted by molar-refractivity contribution is 7.08. The van der Waals surface area contributed by atoms with E-state index >= 15 is 0 Å². The Kier molecular flexibility index (Phi) is 6.00. The monoisotopic (exact) mass is 273 g/mol. The highest BCUT2D eigenvalue weighted by Gasteiger charge is 2.17. The van der Waals surface area contributed by atoms with Crippen LogP contribution in [-0.2, 0) is 0 Å². The Morgan fingerprint density at radius 1 is 1.41 bits per heavy atom. The van der Waals surface area contributed by atoms with E-state index in [1.807, 2.05) is 17.7 Å². The van der Waals surface area contributed by atoms with E-state index in [-0.39, 0.29) is 11.3 Å². The van der Waals surface area contributed by atoms with E-state index in [0.717, 1.165) is 24.0 Å². The number of hydrogen-bond acceptors (Lipinski definition) is 2. The van der Waals surface area contributed by atoms with E-state index in [2.05, 4.69) is 19.2 Å². The maximum atomic E-state index is 11.9. The van der Waals surface area contributed by atoms with Crippen LogP contribution in [-0.4, -0.2) is 17.8 Å². The van der Waals surface area contributed by atoms with Crippen molar-refractivity contribution in [3.05, 3.63) is 21.9 Å². The molecule has 2 nitrogen and oxygen atoms in total. The van der Waals surface area contributed by atoms with Crippen molar-refractivity contribution in [3.63, 3.8) is 0 Å². The molecule has 4 heteroatoms. The molecule has 0 radical (unpaired) electrons. The summed E-state index contributed by atoms with van der Waals surface area (Å²) in [5.41, 5.74) is 1.80. The summed E-state index contributed by atoms with van der Waals surface area (Å²) < 4.78 is 0. The van der Waals surface area contributed by atoms with Gasteiger partial charge in [0.2, 0.25) is 0 Å². The Labute approximate surface area is 112 Å². The smallest absolute Gasteiger partial charge is 0.252 e. The second-order valence-corrected chi connectivity index (χ2v) is 5.58. The summed E-state index contributed by atoms with van der Waals surface area (Å²) in [6, 6.07) is 0. The van der Waals surface area contributed by atoms with Crippen molar-refractivity contribution in [2.45, 2.75) is 39.0 Å². The molecule has 0 fully saturated rings. The Bertz CT molecular complexity index is 360. The predicted molar refractivity (Wildman–Crippen MR) is 75.1 cm³/mol. The van der Waals surface area contributed by atoms with Crippen molar-refractivity contribution >= 4 is 28.8 Å². The van der Waals surface area contributed by atoms with Crippen LogP contribution in [0.4, 0.5) is 0 Å². The van der Waals surface area contributed by atoms with Gasteiger partial charge in [-0.3, -0.25) is 4.79 Å². The lowest BCUT2D eigenvalue weighted by Gasteiger charge is -2.19. The van der Waals surface area contributed by atoms with Crippen molar-refractivity contribution in [3.8, 4) is 0 Å². The number of carbonyl (C=O) groups is 1. The van der Waals surface area contributed by atoms with E-state index < -0.39 is 0 Å². The van der Waals surface area contributed by atoms with Crippen LogP contribution in [0.25, 0.3) is 0 Å². The minimum Gasteiger partial charge on any atom is -0.351 e. The molecule has 1 aromatic rings. The first-order chi connectivity index (χ1) is 8.10. The summed E-state index contributed by atoms with van der Waals surface area (Å²) in [6.07, 6.45) is 2.11. The molecular weight excluding hydrogens is 254 g/mol. The van der Waals surface area contributed by atoms with E-state index in [1.54, 1.807) is 11.3 Å². The van der Waals surface area contributed by atoms with Gasteiger partial charge in [0.05, 0.1) is 10.9 Å². The summed E-state index contributed by atoms with van der Waals surface area (Å²) in [5, 5.41) is 6.79. The van der Waals surface area contributed by atoms with Gasteiger partial charge in [0.1, 0.15) is 0 Å². The molecule has 1 atom stereocenters. The van der Waals surface area contributed by atoms with Gasteiger partial charge >= 0.3 is 0 Å². The molecular formula is C13H20ClNOS. The zero-order chi connectivity index (χ0) is 12.8. The number of amides is 1. The highest BCUT2D eigenvalue weighted by atomic mass is 35.5. The van der Waals surface area contributed by atoms with Crippen LogP contribution in [0.3, 0.4) is 0 Å². The molecule has 0 aliphatic carbocycles. The molecule has 1 aromatic heterocycles. The van der Waals surface area contributed by atoms with E-state index in [9.17, 15) is 4.79 Å². The normalized spacial score (nSPS) is 12.8. The Balaban J connectivity index is 2.46. The number of nitrogens with one attached hydrogen (secondary N) is 1. The van der Waals surface area contributed by atoms with Crippen molar-refractivity contribution in [2.24, 2.45) is 5.92 Å². The fourth-order valence-corrected chi connectivity index (χ4v) is 3.11. The Hall–Kier alpha value is -0.540. The minimum absolute atomic E-state index is 0.0136. The summed E-state index contributed by atoms with van der Waals surface area (Å²) in [5.74, 6) is 0.459. The average molecular weight is 274 g/mol. The second-order valence-electron chi connectivity index (χ2n) is 4.27. The summed E-state index contributed by atoms with van der Waals surface area (Å²) in [4.78, 5) is 11.9. The minimum atomic E-state index is -0.0136. The van der Waals surface area contributed by atoms with Crippen LogP contribution in [0, 0.1) is 12.8 Å². The van der Waals surface area contributed by atoms with E-state index in [4.69, 9.17) is 11.6 Å². The number of rotatable bonds is 6. The van der Waals surface area contributed by atoms with Gasteiger partial charge in [-0.15, -0.1) is 11.6 Å². The number of alkyl halides is 1. The molecule has 17 heavy (non-hydrogen) atoms. The zero-order valence-corrected chi connectivity index (χ0v) is 12.2. The topological polar surface area (TPSA) is 29.1 Å². The molecule has 1 N–H and O–H groups in total. The van der Waals surface area contributed by atoms with Gasteiger partial charge in [0.15, 0.2) is 0 Å². The summed E-state index contributed by atoms with van der Waals surface area (Å²) in [6.45, 7) is 6.76. The lowest BCUT2D eigenvalue weighted by atomic mass is 9.99. The van der Waals surface area contributed by atoms with Gasteiger partial charge in [-0.2, -0.15) is 11.3 Å². The maximum Gasteiger partial charge on any atom is 0.252 e. The number of halogens is 1. The molecule has 96 valence electrons. The third kappa shape index (κ3) is 4.00. The molecule has 1 heterocycles. The van der Waals surface area contributed by atoms with Crippen LogP contribution in [0.5, 0.6) is 0 Å². The number of hydrogen-bond donors (Lipinski definition) is 1. The van der Waals surface area contributed by atoms with Gasteiger partial charge in [-0.05, 0) is 23.8 Å². The van der Waals surface area contributed by atoms with Crippen molar-refractivity contribution in [2.75, 3.05) is 6.54 Å². The molecule has 0 saturated carbocycles. The van der Waals surface area contributed by atoms with Crippen LogP contribution in [0.2, 0.25) is 0 Å². The maximum absolute atomic E-state index is 11.9. The molecule has 0 bridgehead atoms. The lowest BCUT2D eigenvalue weighted by Crippen LogP contribution is -2.33. The van der Waals surface area contributed by atoms with Crippen LogP contribution >= 0.6 is 22.9 Å². The first kappa shape index (κ1) is 14.5. The molecule has 1 amide bonds. The fourth-order valence-electron chi connectivity index (χ4n) is 1.85. The van der Waals surface area contributed by atoms with Crippen LogP contribution in [0.1, 0.15) is 42.6 Å². The first-order valence-electron chi connectivity index (χ1n) is 6.05. The third-order valence-corrected chi connectivity index (χ3v) is 4.49. The molecule has 0 aliphatic rings. The van der Waals surface area contributed by atoms with Gasteiger partial charge in [0, 0.05) is 11.9 Å². The van der Waals surface area contributed by atoms with Gasteiger partial charge in [-0.25, -0.2) is 0 Å². The van der Waals surface area contributed by atoms with E-state index in [0.29, 0.717) is 12.5 Å². The molecule has 0 aliphatic heterocycles. The number of carbonyl (C=O) groups excluding carboxylic acids is 1. The standard InChI is InChI=1S/C13H20ClNOS/c1-4-10(5-2)12(14)6-15-13(16)11-8-17-7-9(11)3/h7-8,10,12H,4-6H2,1-3H3,(H,15,16). The van der Waals surface area contributed by atoms with Gasteiger partial charge < -0.3 is 5.32 Å². The molecule has 0 saturated heterocycles. The summed E-state index contributed by atoms with van der Waals surface area (Å²) >= 11 is 7.83. The predicted octanol–water partition coefficient (Wildman–Crippen LogP) is 3.83. The van der Waals surface area contributed by atoms with Crippen LogP contribution < -0.4 is 5.32 Å². The average Bonchev–Trinajstić information content (AvgIpc) is 2.74. The highest BCUT2D eigenvalue weighted by Crippen LogP contribution is 2.18. The molecule has 1 rings (SSSR count). The molecule has 0 aromatic carbocycles. The largest absolute Gasteiger partial charge is 0.351 e. The van der Waals surface area contributed by atoms with Crippen LogP contribution in [0.15, 0.2) is 10.8 Å². The third-order valence-electron chi connectivity index (χ3n) is 3.12. The number of thiophene rings is 1. The number of aryl methyl sites for hydroxylation is 1. The second kappa shape index (κ2) is 7.02. The zero-order valence-electron chi connectivity index (χ0n) is 10.6. The lowest BCUT2D eigenvalue weighted by molar-refractivity contribution is 0.0951. The Morgan fingerprint density at radius 2 is 2.06 bits per heavy atom. The SMILES string of the molecule is CCC(CC)C(Cl)CNC(=O)c1cscc1C. The van der Waals surface area contributed by atoms with Gasteiger partial charge in [-0.1, -0.05) is 26.7 Å². The van der Waals surface area contributed by atoms with Crippen molar-refractivity contribution in [1.82, 2.24) is 5.32 Å². The van der Waals surface area contributed by atoms with Crippen molar-refractivity contribution in [1.29, 1.82) is 0 Å². The molecule has 0 spiro atoms. The first-order valence-corrected chi connectivity index (χ1v) is 7.43. The van der Waals surface area contributed by atoms with Gasteiger partial charge in [0.25, 0.3) is 5.91 Å².